The first kappa shape index (κ1) is 7.59. The van der Waals surface area contributed by atoms with Crippen molar-refractivity contribution < 1.29 is 4.79 Å². The molecule has 0 radical (unpaired) electrons. The van der Waals surface area contributed by atoms with E-state index in [4.69, 9.17) is 11.3 Å². The van der Waals surface area contributed by atoms with Crippen LogP contribution in [0.15, 0.2) is 16.6 Å². The Balaban J connectivity index is 3.02. The Morgan fingerprint density at radius 3 is 3.00 bits per heavy atom. The minimum Gasteiger partial charge on any atom is -0.390 e. The van der Waals surface area contributed by atoms with Crippen molar-refractivity contribution in [3.63, 3.8) is 0 Å². The van der Waals surface area contributed by atoms with Gasteiger partial charge in [-0.15, -0.1) is 11.3 Å². The molecule has 0 atom stereocenters. The standard InChI is InChI=1S/C5H4N4OS/c6-4-3(1-2-11-4)5(10)8-9-7/h1-2H,6H2. The molecule has 1 aromatic rings. The van der Waals surface area contributed by atoms with Gasteiger partial charge in [0.25, 0.3) is 5.91 Å². The van der Waals surface area contributed by atoms with Gasteiger partial charge in [-0.3, -0.25) is 4.79 Å². The Morgan fingerprint density at radius 2 is 2.55 bits per heavy atom. The maximum Gasteiger partial charge on any atom is 0.252 e. The highest BCUT2D eigenvalue weighted by molar-refractivity contribution is 7.14. The van der Waals surface area contributed by atoms with Gasteiger partial charge in [0.1, 0.15) is 0 Å². The van der Waals surface area contributed by atoms with Gasteiger partial charge in [-0.25, -0.2) is 0 Å². The monoisotopic (exact) mass is 168 g/mol. The Kier molecular flexibility index (Phi) is 2.10. The van der Waals surface area contributed by atoms with E-state index in [9.17, 15) is 4.79 Å². The van der Waals surface area contributed by atoms with E-state index in [-0.39, 0.29) is 5.56 Å². The van der Waals surface area contributed by atoms with Crippen LogP contribution in [0.2, 0.25) is 0 Å². The highest BCUT2D eigenvalue weighted by atomic mass is 32.1. The smallest absolute Gasteiger partial charge is 0.252 e. The third-order valence-electron chi connectivity index (χ3n) is 1.06. The van der Waals surface area contributed by atoms with Gasteiger partial charge in [-0.05, 0) is 22.1 Å². The van der Waals surface area contributed by atoms with Crippen LogP contribution >= 0.6 is 11.3 Å². The molecular formula is C5H4N4OS. The molecule has 1 amide bonds. The largest absolute Gasteiger partial charge is 0.390 e. The van der Waals surface area contributed by atoms with E-state index in [1.807, 2.05) is 0 Å². The fourth-order valence-electron chi connectivity index (χ4n) is 0.592. The van der Waals surface area contributed by atoms with Crippen LogP contribution in [0, 0.1) is 0 Å². The fraction of sp³-hybridized carbons (Fsp3) is 0. The van der Waals surface area contributed by atoms with Crippen molar-refractivity contribution in [1.82, 2.24) is 0 Å². The molecule has 0 bridgehead atoms. The zero-order valence-electron chi connectivity index (χ0n) is 5.39. The van der Waals surface area contributed by atoms with Gasteiger partial charge >= 0.3 is 0 Å². The molecule has 0 aliphatic rings. The Hall–Kier alpha value is -1.52. The van der Waals surface area contributed by atoms with Gasteiger partial charge in [-0.2, -0.15) is 0 Å². The molecule has 0 aromatic carbocycles. The van der Waals surface area contributed by atoms with Crippen molar-refractivity contribution in [1.29, 1.82) is 0 Å². The zero-order chi connectivity index (χ0) is 8.27. The first-order chi connectivity index (χ1) is 5.25. The highest BCUT2D eigenvalue weighted by Gasteiger charge is 2.07. The number of hydrogen-bond acceptors (Lipinski definition) is 3. The first-order valence-corrected chi connectivity index (χ1v) is 3.56. The summed E-state index contributed by atoms with van der Waals surface area (Å²) in [7, 11) is 0. The van der Waals surface area contributed by atoms with Gasteiger partial charge in [0.15, 0.2) is 0 Å². The summed E-state index contributed by atoms with van der Waals surface area (Å²) in [6.45, 7) is 0. The second kappa shape index (κ2) is 3.05. The minimum atomic E-state index is -0.633. The second-order valence-electron chi connectivity index (χ2n) is 1.69. The Morgan fingerprint density at radius 1 is 1.82 bits per heavy atom. The number of amides is 1. The highest BCUT2D eigenvalue weighted by Crippen LogP contribution is 2.19. The quantitative estimate of drug-likeness (QED) is 0.393. The molecule has 0 saturated carbocycles. The van der Waals surface area contributed by atoms with Gasteiger partial charge < -0.3 is 5.73 Å². The molecule has 11 heavy (non-hydrogen) atoms. The minimum absolute atomic E-state index is 0.271. The maximum absolute atomic E-state index is 10.8. The van der Waals surface area contributed by atoms with Crippen molar-refractivity contribution in [2.24, 2.45) is 5.11 Å². The lowest BCUT2D eigenvalue weighted by molar-refractivity contribution is 0.100. The molecule has 1 heterocycles. The SMILES string of the molecule is [N-]=[N+]=NC(=O)c1ccsc1N. The molecule has 0 aliphatic carbocycles. The van der Waals surface area contributed by atoms with Crippen LogP contribution in [0.4, 0.5) is 5.00 Å². The maximum atomic E-state index is 10.8. The molecule has 0 saturated heterocycles. The second-order valence-corrected chi connectivity index (χ2v) is 2.64. The third-order valence-corrected chi connectivity index (χ3v) is 1.81. The average molecular weight is 168 g/mol. The molecule has 1 rings (SSSR count). The van der Waals surface area contributed by atoms with Crippen molar-refractivity contribution in [3.8, 4) is 0 Å². The first-order valence-electron chi connectivity index (χ1n) is 2.68. The molecule has 0 aliphatic heterocycles. The topological polar surface area (TPSA) is 91.9 Å². The molecule has 0 spiro atoms. The number of rotatable bonds is 1. The molecule has 56 valence electrons. The van der Waals surface area contributed by atoms with Crippen molar-refractivity contribution in [2.45, 2.75) is 0 Å². The van der Waals surface area contributed by atoms with E-state index in [1.54, 1.807) is 5.38 Å². The van der Waals surface area contributed by atoms with E-state index in [1.165, 1.54) is 17.4 Å². The van der Waals surface area contributed by atoms with E-state index in [2.05, 4.69) is 10.0 Å². The lowest BCUT2D eigenvalue weighted by Gasteiger charge is -1.88. The van der Waals surface area contributed by atoms with E-state index < -0.39 is 5.91 Å². The summed E-state index contributed by atoms with van der Waals surface area (Å²) in [5.74, 6) is -0.633. The number of carbonyl (C=O) groups is 1. The van der Waals surface area contributed by atoms with Crippen LogP contribution in [-0.2, 0) is 0 Å². The molecule has 2 N–H and O–H groups in total. The van der Waals surface area contributed by atoms with E-state index >= 15 is 0 Å². The summed E-state index contributed by atoms with van der Waals surface area (Å²) < 4.78 is 0. The summed E-state index contributed by atoms with van der Waals surface area (Å²) in [5, 5.41) is 4.94. The lowest BCUT2D eigenvalue weighted by atomic mass is 10.3. The van der Waals surface area contributed by atoms with Crippen molar-refractivity contribution in [3.05, 3.63) is 27.5 Å². The van der Waals surface area contributed by atoms with Crippen molar-refractivity contribution in [2.75, 3.05) is 5.73 Å². The lowest BCUT2D eigenvalue weighted by Crippen LogP contribution is -1.94. The predicted molar refractivity (Wildman–Crippen MR) is 42.2 cm³/mol. The predicted octanol–water partition coefficient (Wildman–Crippen LogP) is 1.78. The van der Waals surface area contributed by atoms with Crippen molar-refractivity contribution >= 4 is 22.2 Å². The van der Waals surface area contributed by atoms with Gasteiger partial charge in [0.2, 0.25) is 0 Å². The Bertz CT molecular complexity index is 325. The molecule has 0 fully saturated rings. The number of azide groups is 1. The summed E-state index contributed by atoms with van der Waals surface area (Å²) in [4.78, 5) is 13.2. The number of nitrogens with zero attached hydrogens (tertiary/aromatic N) is 3. The number of nitrogen functional groups attached to an aromatic ring is 1. The van der Waals surface area contributed by atoms with Crippen LogP contribution in [0.25, 0.3) is 10.4 Å². The zero-order valence-corrected chi connectivity index (χ0v) is 6.21. The molecule has 5 nitrogen and oxygen atoms in total. The number of carbonyl (C=O) groups excluding carboxylic acids is 1. The van der Waals surface area contributed by atoms with E-state index in [0.717, 1.165) is 0 Å². The summed E-state index contributed by atoms with van der Waals surface area (Å²) >= 11 is 1.23. The third kappa shape index (κ3) is 1.49. The number of nitrogens with two attached hydrogens (primary N) is 1. The molecular weight excluding hydrogens is 164 g/mol. The number of anilines is 1. The van der Waals surface area contributed by atoms with Crippen LogP contribution in [0.3, 0.4) is 0 Å². The van der Waals surface area contributed by atoms with Crippen LogP contribution in [0.1, 0.15) is 10.4 Å². The van der Waals surface area contributed by atoms with Gasteiger partial charge in [0, 0.05) is 4.91 Å². The van der Waals surface area contributed by atoms with Crippen LogP contribution < -0.4 is 5.73 Å². The number of hydrogen-bond donors (Lipinski definition) is 1. The average Bonchev–Trinajstić information content (AvgIpc) is 2.36. The molecule has 1 aromatic heterocycles. The van der Waals surface area contributed by atoms with E-state index in [0.29, 0.717) is 5.00 Å². The normalized spacial score (nSPS) is 8.73. The van der Waals surface area contributed by atoms with Crippen LogP contribution in [0.5, 0.6) is 0 Å². The van der Waals surface area contributed by atoms with Crippen LogP contribution in [-0.4, -0.2) is 5.91 Å². The summed E-state index contributed by atoms with van der Waals surface area (Å²) in [6, 6.07) is 1.52. The fourth-order valence-corrected chi connectivity index (χ4v) is 1.23. The summed E-state index contributed by atoms with van der Waals surface area (Å²) in [5.41, 5.74) is 13.6. The van der Waals surface area contributed by atoms with Gasteiger partial charge in [-0.1, -0.05) is 0 Å². The molecule has 6 heteroatoms. The van der Waals surface area contributed by atoms with Gasteiger partial charge in [0.05, 0.1) is 10.6 Å². The Labute approximate surface area is 66.1 Å². The summed E-state index contributed by atoms with van der Waals surface area (Å²) in [6.07, 6.45) is 0. The molecule has 0 unspecified atom stereocenters. The number of thiophene rings is 1.